The number of phosphoric acid groups is 2. The molecule has 0 aromatic rings. The third-order valence-corrected chi connectivity index (χ3v) is 21.6. The van der Waals surface area contributed by atoms with Crippen molar-refractivity contribution in [2.24, 2.45) is 23.7 Å². The molecule has 0 rings (SSSR count). The molecule has 0 aliphatic rings. The number of aliphatic hydroxyl groups is 1. The summed E-state index contributed by atoms with van der Waals surface area (Å²) in [4.78, 5) is 73.1. The Balaban J connectivity index is 5.26. The van der Waals surface area contributed by atoms with E-state index in [-0.39, 0.29) is 25.7 Å². The maximum atomic E-state index is 13.1. The maximum Gasteiger partial charge on any atom is 0.472 e. The first-order chi connectivity index (χ1) is 49.1. The van der Waals surface area contributed by atoms with Crippen LogP contribution >= 0.6 is 15.6 Å². The predicted molar refractivity (Wildman–Crippen MR) is 418 cm³/mol. The van der Waals surface area contributed by atoms with E-state index in [0.717, 1.165) is 114 Å². The van der Waals surface area contributed by atoms with Crippen LogP contribution in [0.4, 0.5) is 0 Å². The molecule has 3 unspecified atom stereocenters. The largest absolute Gasteiger partial charge is 0.472 e. The van der Waals surface area contributed by atoms with Gasteiger partial charge in [0.05, 0.1) is 26.4 Å². The van der Waals surface area contributed by atoms with Crippen LogP contribution in [0, 0.1) is 23.7 Å². The topological polar surface area (TPSA) is 237 Å². The van der Waals surface area contributed by atoms with Crippen molar-refractivity contribution in [1.82, 2.24) is 0 Å². The molecular formula is C83H162O17P2. The van der Waals surface area contributed by atoms with Crippen molar-refractivity contribution < 1.29 is 80.2 Å². The zero-order valence-corrected chi connectivity index (χ0v) is 69.0. The minimum atomic E-state index is -4.96. The Morgan fingerprint density at radius 3 is 0.696 bits per heavy atom. The number of hydrogen-bond donors (Lipinski definition) is 3. The Morgan fingerprint density at radius 1 is 0.275 bits per heavy atom. The second-order valence-electron chi connectivity index (χ2n) is 31.5. The first-order valence-electron chi connectivity index (χ1n) is 42.7. The third kappa shape index (κ3) is 74.9. The lowest BCUT2D eigenvalue weighted by Crippen LogP contribution is -2.30. The van der Waals surface area contributed by atoms with Gasteiger partial charge in [-0.15, -0.1) is 0 Å². The molecule has 102 heavy (non-hydrogen) atoms. The van der Waals surface area contributed by atoms with Gasteiger partial charge in [-0.1, -0.05) is 376 Å². The van der Waals surface area contributed by atoms with E-state index in [4.69, 9.17) is 37.0 Å². The van der Waals surface area contributed by atoms with Crippen LogP contribution in [0.15, 0.2) is 0 Å². The third-order valence-electron chi connectivity index (χ3n) is 19.7. The summed E-state index contributed by atoms with van der Waals surface area (Å²) in [5.41, 5.74) is 0. The van der Waals surface area contributed by atoms with Crippen LogP contribution in [-0.2, 0) is 65.4 Å². The van der Waals surface area contributed by atoms with Crippen molar-refractivity contribution in [2.45, 2.75) is 446 Å². The average molecular weight is 1490 g/mol. The lowest BCUT2D eigenvalue weighted by Gasteiger charge is -2.21. The van der Waals surface area contributed by atoms with Crippen LogP contribution in [0.1, 0.15) is 428 Å². The molecule has 0 aromatic heterocycles. The van der Waals surface area contributed by atoms with Gasteiger partial charge >= 0.3 is 39.5 Å². The number of carbonyl (C=O) groups excluding carboxylic acids is 4. The molecule has 0 aliphatic heterocycles. The molecular weight excluding hydrogens is 1330 g/mol. The molecule has 0 saturated heterocycles. The molecule has 17 nitrogen and oxygen atoms in total. The fourth-order valence-corrected chi connectivity index (χ4v) is 14.3. The lowest BCUT2D eigenvalue weighted by atomic mass is 9.99. The van der Waals surface area contributed by atoms with E-state index in [2.05, 4.69) is 55.4 Å². The predicted octanol–water partition coefficient (Wildman–Crippen LogP) is 24.8. The minimum absolute atomic E-state index is 0.105. The maximum absolute atomic E-state index is 13.1. The molecule has 6 atom stereocenters. The molecule has 0 spiro atoms. The molecule has 0 amide bonds. The van der Waals surface area contributed by atoms with Gasteiger partial charge in [-0.05, 0) is 49.4 Å². The molecule has 0 aliphatic carbocycles. The summed E-state index contributed by atoms with van der Waals surface area (Å²) in [5, 5.41) is 10.7. The zero-order valence-electron chi connectivity index (χ0n) is 67.2. The van der Waals surface area contributed by atoms with E-state index in [1.165, 1.54) is 231 Å². The molecule has 3 N–H and O–H groups in total. The van der Waals surface area contributed by atoms with Crippen molar-refractivity contribution in [2.75, 3.05) is 39.6 Å². The monoisotopic (exact) mass is 1490 g/mol. The fourth-order valence-electron chi connectivity index (χ4n) is 12.8. The van der Waals surface area contributed by atoms with Gasteiger partial charge in [-0.2, -0.15) is 0 Å². The minimum Gasteiger partial charge on any atom is -0.462 e. The quantitative estimate of drug-likeness (QED) is 0.0222. The lowest BCUT2D eigenvalue weighted by molar-refractivity contribution is -0.161. The van der Waals surface area contributed by atoms with Gasteiger partial charge in [-0.3, -0.25) is 37.3 Å². The molecule has 0 heterocycles. The number of carbonyl (C=O) groups is 4. The normalized spacial score (nSPS) is 14.3. The van der Waals surface area contributed by atoms with E-state index >= 15 is 0 Å². The summed E-state index contributed by atoms with van der Waals surface area (Å²) in [7, 11) is -9.93. The summed E-state index contributed by atoms with van der Waals surface area (Å²) in [5.74, 6) is 1.04. The van der Waals surface area contributed by atoms with Crippen molar-refractivity contribution in [3.63, 3.8) is 0 Å². The van der Waals surface area contributed by atoms with E-state index in [9.17, 15) is 43.2 Å². The van der Waals surface area contributed by atoms with Crippen LogP contribution in [0.3, 0.4) is 0 Å². The van der Waals surface area contributed by atoms with Gasteiger partial charge in [0.15, 0.2) is 12.2 Å². The van der Waals surface area contributed by atoms with Crippen molar-refractivity contribution in [3.05, 3.63) is 0 Å². The Kier molecular flexibility index (Phi) is 70.6. The van der Waals surface area contributed by atoms with Crippen molar-refractivity contribution >= 4 is 39.5 Å². The van der Waals surface area contributed by atoms with Crippen LogP contribution < -0.4 is 0 Å². The average Bonchev–Trinajstić information content (AvgIpc) is 0.937. The summed E-state index contributed by atoms with van der Waals surface area (Å²) in [6.07, 6.45) is 59.6. The number of ether oxygens (including phenoxy) is 4. The van der Waals surface area contributed by atoms with E-state index < -0.39 is 97.5 Å². The molecule has 19 heteroatoms. The molecule has 0 aromatic carbocycles. The molecule has 0 fully saturated rings. The fraction of sp³-hybridized carbons (Fsp3) is 0.952. The van der Waals surface area contributed by atoms with Gasteiger partial charge in [-0.25, -0.2) is 9.13 Å². The SMILES string of the molecule is CCC(C)CCCCCCCCCCCCCCCCC(=O)OC[C@H](COP(=O)(O)OC[C@@H](O)COP(=O)(O)OC[C@@H](COC(=O)CCCCCCCCCCCC(C)C)OC(=O)CCCCCCCCCCCCC(C)C)OC(=O)CCCCCCCCCCCCCCCCCCC(C)C. The number of rotatable bonds is 80. The molecule has 0 radical (unpaired) electrons. The van der Waals surface area contributed by atoms with Crippen molar-refractivity contribution in [1.29, 1.82) is 0 Å². The van der Waals surface area contributed by atoms with Crippen LogP contribution in [-0.4, -0.2) is 96.7 Å². The highest BCUT2D eigenvalue weighted by molar-refractivity contribution is 7.47. The van der Waals surface area contributed by atoms with Gasteiger partial charge < -0.3 is 33.8 Å². The summed E-state index contributed by atoms with van der Waals surface area (Å²) >= 11 is 0. The van der Waals surface area contributed by atoms with Crippen LogP contribution in [0.5, 0.6) is 0 Å². The molecule has 0 bridgehead atoms. The molecule has 606 valence electrons. The van der Waals surface area contributed by atoms with Crippen LogP contribution in [0.25, 0.3) is 0 Å². The van der Waals surface area contributed by atoms with Gasteiger partial charge in [0, 0.05) is 25.7 Å². The van der Waals surface area contributed by atoms with E-state index in [1.54, 1.807) is 0 Å². The van der Waals surface area contributed by atoms with Gasteiger partial charge in [0.1, 0.15) is 19.3 Å². The number of esters is 4. The van der Waals surface area contributed by atoms with E-state index in [1.807, 2.05) is 0 Å². The Morgan fingerprint density at radius 2 is 0.471 bits per heavy atom. The highest BCUT2D eigenvalue weighted by atomic mass is 31.2. The summed E-state index contributed by atoms with van der Waals surface area (Å²) < 4.78 is 68.8. The number of hydrogen-bond acceptors (Lipinski definition) is 15. The van der Waals surface area contributed by atoms with Crippen molar-refractivity contribution in [3.8, 4) is 0 Å². The summed E-state index contributed by atoms with van der Waals surface area (Å²) in [6, 6.07) is 0. The van der Waals surface area contributed by atoms with Crippen LogP contribution in [0.2, 0.25) is 0 Å². The number of unbranched alkanes of at least 4 members (excludes halogenated alkanes) is 45. The second-order valence-corrected chi connectivity index (χ2v) is 34.4. The Bertz CT molecular complexity index is 1990. The smallest absolute Gasteiger partial charge is 0.462 e. The first kappa shape index (κ1) is 100. The second kappa shape index (κ2) is 72.0. The first-order valence-corrected chi connectivity index (χ1v) is 45.7. The summed E-state index contributed by atoms with van der Waals surface area (Å²) in [6.45, 7) is 14.3. The van der Waals surface area contributed by atoms with E-state index in [0.29, 0.717) is 25.7 Å². The molecule has 0 saturated carbocycles. The Hall–Kier alpha value is -1.94. The number of phosphoric ester groups is 2. The number of aliphatic hydroxyl groups excluding tert-OH is 1. The van der Waals surface area contributed by atoms with Gasteiger partial charge in [0.25, 0.3) is 0 Å². The van der Waals surface area contributed by atoms with Gasteiger partial charge in [0.2, 0.25) is 0 Å². The zero-order chi connectivity index (χ0) is 75.3. The highest BCUT2D eigenvalue weighted by Gasteiger charge is 2.30. The standard InChI is InChI=1S/C83H162O17P2/c1-9-76(8)62-54-46-38-30-21-17-14-15-18-22-31-39-47-55-63-80(85)93-69-78(99-82(87)65-57-49-41-32-23-19-13-11-10-12-16-20-27-35-43-51-59-73(2)3)71-97-101(89,90)95-67-77(84)68-96-102(91,92)98-72-79(70-94-81(86)64-56-48-40-34-26-29-37-45-53-61-75(6)7)100-83(88)66-58-50-42-33-25-24-28-36-44-52-60-74(4)5/h73-79,84H,9-72H2,1-8H3,(H,89,90)(H,91,92)/t76?,77-,78-,79-/m1/s1. The Labute approximate surface area is 626 Å². The highest BCUT2D eigenvalue weighted by Crippen LogP contribution is 2.45.